The molecule has 0 spiro atoms. The Labute approximate surface area is 165 Å². The largest absolute Gasteiger partial charge is 0.417 e. The van der Waals surface area contributed by atoms with Gasteiger partial charge in [-0.15, -0.1) is 0 Å². The number of nitriles is 1. The van der Waals surface area contributed by atoms with Crippen LogP contribution in [0.15, 0.2) is 59.4 Å². The van der Waals surface area contributed by atoms with Crippen molar-refractivity contribution in [2.75, 3.05) is 0 Å². The monoisotopic (exact) mass is 394 g/mol. The van der Waals surface area contributed by atoms with E-state index in [9.17, 15) is 23.2 Å². The van der Waals surface area contributed by atoms with Crippen molar-refractivity contribution in [3.05, 3.63) is 92.8 Å². The molecule has 0 radical (unpaired) electrons. The molecule has 0 aliphatic heterocycles. The summed E-state index contributed by atoms with van der Waals surface area (Å²) in [5.41, 5.74) is 0.772. The summed E-state index contributed by atoms with van der Waals surface area (Å²) in [6.07, 6.45) is -1.96. The van der Waals surface area contributed by atoms with Crippen LogP contribution in [0.1, 0.15) is 34.2 Å². The fourth-order valence-corrected chi connectivity index (χ4v) is 3.87. The first kappa shape index (κ1) is 19.0. The summed E-state index contributed by atoms with van der Waals surface area (Å²) in [4.78, 5) is 12.9. The van der Waals surface area contributed by atoms with Crippen LogP contribution in [-0.2, 0) is 25.6 Å². The van der Waals surface area contributed by atoms with Crippen molar-refractivity contribution in [1.29, 1.82) is 5.26 Å². The topological polar surface area (TPSA) is 45.8 Å². The molecule has 4 rings (SSSR count). The molecule has 6 heteroatoms. The molecule has 3 nitrogen and oxygen atoms in total. The molecule has 29 heavy (non-hydrogen) atoms. The molecule has 0 bridgehead atoms. The highest BCUT2D eigenvalue weighted by Gasteiger charge is 2.36. The second-order valence-electron chi connectivity index (χ2n) is 7.14. The third-order valence-electron chi connectivity index (χ3n) is 5.30. The van der Waals surface area contributed by atoms with Gasteiger partial charge in [-0.25, -0.2) is 0 Å². The number of aryl methyl sites for hydroxylation is 2. The second kappa shape index (κ2) is 7.25. The Balaban J connectivity index is 1.97. The number of fused-ring (bicyclic) bond motifs is 1. The number of nitrogens with zero attached hydrogens (tertiary/aromatic N) is 2. The lowest BCUT2D eigenvalue weighted by Crippen LogP contribution is -2.28. The third kappa shape index (κ3) is 3.56. The van der Waals surface area contributed by atoms with E-state index in [2.05, 4.69) is 0 Å². The molecule has 0 saturated carbocycles. The Morgan fingerprint density at radius 2 is 1.72 bits per heavy atom. The van der Waals surface area contributed by atoms with Gasteiger partial charge < -0.3 is 4.57 Å². The van der Waals surface area contributed by atoms with Gasteiger partial charge in [-0.3, -0.25) is 4.79 Å². The van der Waals surface area contributed by atoms with Crippen molar-refractivity contribution in [1.82, 2.24) is 4.57 Å². The summed E-state index contributed by atoms with van der Waals surface area (Å²) in [5.74, 6) is 0. The van der Waals surface area contributed by atoms with Crippen LogP contribution in [-0.4, -0.2) is 4.57 Å². The molecule has 2 aromatic carbocycles. The van der Waals surface area contributed by atoms with Crippen molar-refractivity contribution >= 4 is 0 Å². The van der Waals surface area contributed by atoms with Gasteiger partial charge in [0.05, 0.1) is 17.8 Å². The van der Waals surface area contributed by atoms with Gasteiger partial charge in [-0.05, 0) is 53.6 Å². The maximum absolute atomic E-state index is 13.6. The van der Waals surface area contributed by atoms with E-state index in [1.165, 1.54) is 16.2 Å². The standard InChI is InChI=1S/C23H17F3N2O/c24-23(25,26)20-12-21(18-10-9-16-7-4-8-17(16)11-18)28(22(29)19(20)13-27)14-15-5-2-1-3-6-15/h1-3,5-6,9-12H,4,7-8,14H2. The van der Waals surface area contributed by atoms with Crippen LogP contribution < -0.4 is 5.56 Å². The summed E-state index contributed by atoms with van der Waals surface area (Å²) >= 11 is 0. The molecule has 0 atom stereocenters. The molecule has 0 unspecified atom stereocenters. The predicted molar refractivity (Wildman–Crippen MR) is 103 cm³/mol. The highest BCUT2D eigenvalue weighted by Crippen LogP contribution is 2.35. The minimum Gasteiger partial charge on any atom is -0.303 e. The van der Waals surface area contributed by atoms with E-state index in [-0.39, 0.29) is 12.2 Å². The van der Waals surface area contributed by atoms with E-state index < -0.39 is 22.9 Å². The molecule has 3 aromatic rings. The number of halogens is 3. The molecule has 1 heterocycles. The number of hydrogen-bond donors (Lipinski definition) is 0. The number of hydrogen-bond acceptors (Lipinski definition) is 2. The minimum absolute atomic E-state index is 0.0823. The van der Waals surface area contributed by atoms with Gasteiger partial charge in [0, 0.05) is 0 Å². The van der Waals surface area contributed by atoms with E-state index in [1.807, 2.05) is 18.2 Å². The lowest BCUT2D eigenvalue weighted by atomic mass is 10.0. The molecule has 146 valence electrons. The summed E-state index contributed by atoms with van der Waals surface area (Å²) in [6, 6.07) is 16.9. The molecule has 1 aliphatic carbocycles. The fraction of sp³-hybridized carbons (Fsp3) is 0.217. The smallest absolute Gasteiger partial charge is 0.303 e. The third-order valence-corrected chi connectivity index (χ3v) is 5.30. The maximum atomic E-state index is 13.6. The number of pyridine rings is 1. The molecule has 0 N–H and O–H groups in total. The molecule has 0 amide bonds. The normalized spacial score (nSPS) is 13.2. The van der Waals surface area contributed by atoms with E-state index in [4.69, 9.17) is 0 Å². The zero-order chi connectivity index (χ0) is 20.6. The summed E-state index contributed by atoms with van der Waals surface area (Å²) in [5, 5.41) is 9.28. The molecule has 1 aromatic heterocycles. The first-order valence-corrected chi connectivity index (χ1v) is 9.29. The Morgan fingerprint density at radius 1 is 1.00 bits per heavy atom. The van der Waals surface area contributed by atoms with Gasteiger partial charge in [0.2, 0.25) is 0 Å². The molecular formula is C23H17F3N2O. The van der Waals surface area contributed by atoms with Crippen LogP contribution in [0.25, 0.3) is 11.3 Å². The minimum atomic E-state index is -4.79. The molecule has 1 aliphatic rings. The zero-order valence-corrected chi connectivity index (χ0v) is 15.5. The van der Waals surface area contributed by atoms with Crippen LogP contribution in [0.3, 0.4) is 0 Å². The number of alkyl halides is 3. The van der Waals surface area contributed by atoms with Crippen LogP contribution in [0.2, 0.25) is 0 Å². The van der Waals surface area contributed by atoms with Crippen molar-refractivity contribution < 1.29 is 13.2 Å². The van der Waals surface area contributed by atoms with Crippen molar-refractivity contribution in [2.45, 2.75) is 32.0 Å². The van der Waals surface area contributed by atoms with Gasteiger partial charge in [0.25, 0.3) is 5.56 Å². The summed E-state index contributed by atoms with van der Waals surface area (Å²) in [7, 11) is 0. The molecule has 0 fully saturated rings. The predicted octanol–water partition coefficient (Wildman–Crippen LogP) is 4.94. The summed E-state index contributed by atoms with van der Waals surface area (Å²) in [6.45, 7) is 0.0823. The Kier molecular flexibility index (Phi) is 4.75. The van der Waals surface area contributed by atoms with Crippen LogP contribution >= 0.6 is 0 Å². The van der Waals surface area contributed by atoms with Crippen LogP contribution in [0.4, 0.5) is 13.2 Å². The van der Waals surface area contributed by atoms with E-state index >= 15 is 0 Å². The lowest BCUT2D eigenvalue weighted by molar-refractivity contribution is -0.137. The van der Waals surface area contributed by atoms with Gasteiger partial charge in [0.1, 0.15) is 11.6 Å². The number of benzene rings is 2. The lowest BCUT2D eigenvalue weighted by Gasteiger charge is -2.18. The SMILES string of the molecule is N#Cc1c(C(F)(F)F)cc(-c2ccc3c(c2)CCC3)n(Cc2ccccc2)c1=O. The number of rotatable bonds is 3. The second-order valence-corrected chi connectivity index (χ2v) is 7.14. The Morgan fingerprint density at radius 3 is 2.41 bits per heavy atom. The highest BCUT2D eigenvalue weighted by molar-refractivity contribution is 5.64. The Hall–Kier alpha value is -3.33. The van der Waals surface area contributed by atoms with Crippen molar-refractivity contribution in [3.8, 4) is 17.3 Å². The first-order valence-electron chi connectivity index (χ1n) is 9.29. The average Bonchev–Trinajstić information content (AvgIpc) is 3.17. The highest BCUT2D eigenvalue weighted by atomic mass is 19.4. The zero-order valence-electron chi connectivity index (χ0n) is 15.5. The van der Waals surface area contributed by atoms with Gasteiger partial charge in [-0.1, -0.05) is 42.5 Å². The van der Waals surface area contributed by atoms with Crippen molar-refractivity contribution in [3.63, 3.8) is 0 Å². The summed E-state index contributed by atoms with van der Waals surface area (Å²) < 4.78 is 42.0. The average molecular weight is 394 g/mol. The molecule has 0 saturated heterocycles. The van der Waals surface area contributed by atoms with Gasteiger partial charge in [-0.2, -0.15) is 18.4 Å². The maximum Gasteiger partial charge on any atom is 0.417 e. The fourth-order valence-electron chi connectivity index (χ4n) is 3.87. The first-order chi connectivity index (χ1) is 13.9. The molecular weight excluding hydrogens is 377 g/mol. The number of aromatic nitrogens is 1. The van der Waals surface area contributed by atoms with Crippen LogP contribution in [0, 0.1) is 11.3 Å². The van der Waals surface area contributed by atoms with Gasteiger partial charge >= 0.3 is 6.18 Å². The van der Waals surface area contributed by atoms with E-state index in [0.717, 1.165) is 36.5 Å². The Bertz CT molecular complexity index is 1170. The van der Waals surface area contributed by atoms with E-state index in [1.54, 1.807) is 30.3 Å². The van der Waals surface area contributed by atoms with Crippen molar-refractivity contribution in [2.24, 2.45) is 0 Å². The van der Waals surface area contributed by atoms with Gasteiger partial charge in [0.15, 0.2) is 0 Å². The quantitative estimate of drug-likeness (QED) is 0.632. The van der Waals surface area contributed by atoms with E-state index in [0.29, 0.717) is 5.56 Å². The van der Waals surface area contributed by atoms with Crippen LogP contribution in [0.5, 0.6) is 0 Å².